The number of benzene rings is 3. The molecule has 3 aromatic carbocycles. The Morgan fingerprint density at radius 2 is 1.78 bits per heavy atom. The Balaban J connectivity index is 1.44. The highest BCUT2D eigenvalue weighted by Crippen LogP contribution is 2.33. The van der Waals surface area contributed by atoms with E-state index >= 15 is 0 Å². The minimum Gasteiger partial charge on any atom is -0.454 e. The molecule has 0 saturated heterocycles. The summed E-state index contributed by atoms with van der Waals surface area (Å²) in [5, 5.41) is 3.16. The maximum absolute atomic E-state index is 14.8. The van der Waals surface area contributed by atoms with Crippen LogP contribution in [0.25, 0.3) is 11.3 Å². The number of nitrogens with one attached hydrogen (secondary N) is 1. The molecule has 36 heavy (non-hydrogen) atoms. The Kier molecular flexibility index (Phi) is 6.75. The third-order valence-corrected chi connectivity index (χ3v) is 5.92. The zero-order valence-corrected chi connectivity index (χ0v) is 19.8. The number of nitrogens with zero attached hydrogens (tertiary/aromatic N) is 3. The SMILES string of the molecule is CCN(Cc1ccccc1)C(=O)c1cnc(NCc2ccc3c(c2)OCO3)nc1-c1ccccc1F. The van der Waals surface area contributed by atoms with Gasteiger partial charge in [-0.25, -0.2) is 14.4 Å². The highest BCUT2D eigenvalue weighted by atomic mass is 19.1. The lowest BCUT2D eigenvalue weighted by Crippen LogP contribution is -2.31. The van der Waals surface area contributed by atoms with Crippen LogP contribution in [-0.4, -0.2) is 34.1 Å². The molecule has 0 aliphatic carbocycles. The lowest BCUT2D eigenvalue weighted by molar-refractivity contribution is 0.0752. The van der Waals surface area contributed by atoms with Gasteiger partial charge < -0.3 is 19.7 Å². The Morgan fingerprint density at radius 3 is 2.58 bits per heavy atom. The molecular formula is C28H25FN4O3. The number of aromatic nitrogens is 2. The second-order valence-electron chi connectivity index (χ2n) is 8.28. The summed E-state index contributed by atoms with van der Waals surface area (Å²) in [6, 6.07) is 21.7. The molecule has 2 heterocycles. The molecule has 7 nitrogen and oxygen atoms in total. The number of amides is 1. The molecule has 1 aliphatic rings. The van der Waals surface area contributed by atoms with Crippen LogP contribution in [0.3, 0.4) is 0 Å². The fraction of sp³-hybridized carbons (Fsp3) is 0.179. The topological polar surface area (TPSA) is 76.6 Å². The van der Waals surface area contributed by atoms with E-state index in [0.717, 1.165) is 11.1 Å². The van der Waals surface area contributed by atoms with Gasteiger partial charge in [-0.15, -0.1) is 0 Å². The summed E-state index contributed by atoms with van der Waals surface area (Å²) in [6.45, 7) is 3.43. The molecule has 0 unspecified atom stereocenters. The van der Waals surface area contributed by atoms with Crippen LogP contribution in [0, 0.1) is 5.82 Å². The van der Waals surface area contributed by atoms with Crippen molar-refractivity contribution in [2.45, 2.75) is 20.0 Å². The van der Waals surface area contributed by atoms with Crippen LogP contribution in [-0.2, 0) is 13.1 Å². The smallest absolute Gasteiger partial charge is 0.257 e. The van der Waals surface area contributed by atoms with Gasteiger partial charge in [0.15, 0.2) is 11.5 Å². The highest BCUT2D eigenvalue weighted by Gasteiger charge is 2.23. The molecule has 0 fully saturated rings. The maximum atomic E-state index is 14.8. The summed E-state index contributed by atoms with van der Waals surface area (Å²) >= 11 is 0. The lowest BCUT2D eigenvalue weighted by Gasteiger charge is -2.22. The molecule has 1 N–H and O–H groups in total. The highest BCUT2D eigenvalue weighted by molar-refractivity contribution is 5.99. The third kappa shape index (κ3) is 4.98. The van der Waals surface area contributed by atoms with Crippen molar-refractivity contribution in [2.24, 2.45) is 0 Å². The minimum absolute atomic E-state index is 0.204. The van der Waals surface area contributed by atoms with Gasteiger partial charge in [0.1, 0.15) is 5.82 Å². The van der Waals surface area contributed by atoms with Gasteiger partial charge in [0.2, 0.25) is 12.7 Å². The van der Waals surface area contributed by atoms with Crippen LogP contribution in [0.2, 0.25) is 0 Å². The van der Waals surface area contributed by atoms with Gasteiger partial charge in [-0.1, -0.05) is 48.5 Å². The first-order valence-electron chi connectivity index (χ1n) is 11.7. The van der Waals surface area contributed by atoms with Crippen LogP contribution in [0.5, 0.6) is 11.5 Å². The number of ether oxygens (including phenoxy) is 2. The maximum Gasteiger partial charge on any atom is 0.257 e. The molecule has 1 amide bonds. The molecule has 0 saturated carbocycles. The van der Waals surface area contributed by atoms with Crippen LogP contribution < -0.4 is 14.8 Å². The normalized spacial score (nSPS) is 11.8. The van der Waals surface area contributed by atoms with Crippen LogP contribution in [0.15, 0.2) is 79.0 Å². The number of carbonyl (C=O) groups excluding carboxylic acids is 1. The van der Waals surface area contributed by atoms with E-state index in [1.807, 2.05) is 55.5 Å². The Morgan fingerprint density at radius 1 is 1.00 bits per heavy atom. The van der Waals surface area contributed by atoms with Gasteiger partial charge in [0.05, 0.1) is 11.3 Å². The van der Waals surface area contributed by atoms with E-state index in [9.17, 15) is 9.18 Å². The summed E-state index contributed by atoms with van der Waals surface area (Å²) < 4.78 is 25.6. The van der Waals surface area contributed by atoms with Gasteiger partial charge in [-0.2, -0.15) is 0 Å². The molecule has 0 bridgehead atoms. The van der Waals surface area contributed by atoms with E-state index in [4.69, 9.17) is 9.47 Å². The monoisotopic (exact) mass is 484 g/mol. The lowest BCUT2D eigenvalue weighted by atomic mass is 10.1. The van der Waals surface area contributed by atoms with Crippen molar-refractivity contribution in [1.29, 1.82) is 0 Å². The Labute approximate surface area is 208 Å². The van der Waals surface area contributed by atoms with E-state index in [1.165, 1.54) is 12.3 Å². The molecule has 182 valence electrons. The van der Waals surface area contributed by atoms with Crippen molar-refractivity contribution >= 4 is 11.9 Å². The fourth-order valence-electron chi connectivity index (χ4n) is 4.02. The van der Waals surface area contributed by atoms with Gasteiger partial charge in [-0.3, -0.25) is 4.79 Å². The second kappa shape index (κ2) is 10.4. The fourth-order valence-corrected chi connectivity index (χ4v) is 4.02. The molecular weight excluding hydrogens is 459 g/mol. The molecule has 4 aromatic rings. The number of halogens is 1. The first-order chi connectivity index (χ1) is 17.6. The predicted octanol–water partition coefficient (Wildman–Crippen LogP) is 5.29. The summed E-state index contributed by atoms with van der Waals surface area (Å²) in [6.07, 6.45) is 1.47. The first-order valence-corrected chi connectivity index (χ1v) is 11.7. The van der Waals surface area contributed by atoms with E-state index in [1.54, 1.807) is 23.1 Å². The van der Waals surface area contributed by atoms with Crippen LogP contribution in [0.4, 0.5) is 10.3 Å². The number of hydrogen-bond acceptors (Lipinski definition) is 6. The van der Waals surface area contributed by atoms with Crippen LogP contribution in [0.1, 0.15) is 28.4 Å². The zero-order chi connectivity index (χ0) is 24.9. The molecule has 5 rings (SSSR count). The number of carbonyl (C=O) groups is 1. The number of hydrogen-bond donors (Lipinski definition) is 1. The largest absolute Gasteiger partial charge is 0.454 e. The van der Waals surface area contributed by atoms with Crippen molar-refractivity contribution in [2.75, 3.05) is 18.7 Å². The van der Waals surface area contributed by atoms with Gasteiger partial charge in [0.25, 0.3) is 5.91 Å². The molecule has 1 aromatic heterocycles. The summed E-state index contributed by atoms with van der Waals surface area (Å²) in [4.78, 5) is 24.2. The molecule has 0 atom stereocenters. The predicted molar refractivity (Wildman–Crippen MR) is 134 cm³/mol. The number of anilines is 1. The molecule has 0 spiro atoms. The van der Waals surface area contributed by atoms with E-state index in [-0.39, 0.29) is 35.5 Å². The van der Waals surface area contributed by atoms with E-state index in [2.05, 4.69) is 15.3 Å². The molecule has 0 radical (unpaired) electrons. The van der Waals surface area contributed by atoms with Crippen molar-refractivity contribution in [3.63, 3.8) is 0 Å². The van der Waals surface area contributed by atoms with Gasteiger partial charge >= 0.3 is 0 Å². The number of rotatable bonds is 8. The van der Waals surface area contributed by atoms with Crippen molar-refractivity contribution in [3.05, 3.63) is 102 Å². The summed E-state index contributed by atoms with van der Waals surface area (Å²) in [5.74, 6) is 0.950. The first kappa shape index (κ1) is 23.3. The van der Waals surface area contributed by atoms with Gasteiger partial charge in [-0.05, 0) is 42.3 Å². The van der Waals surface area contributed by atoms with Crippen molar-refractivity contribution in [3.8, 4) is 22.8 Å². The van der Waals surface area contributed by atoms with Crippen molar-refractivity contribution < 1.29 is 18.7 Å². The number of fused-ring (bicyclic) bond motifs is 1. The Hall–Kier alpha value is -4.46. The van der Waals surface area contributed by atoms with Crippen LogP contribution >= 0.6 is 0 Å². The zero-order valence-electron chi connectivity index (χ0n) is 19.8. The third-order valence-electron chi connectivity index (χ3n) is 5.92. The van der Waals surface area contributed by atoms with E-state index in [0.29, 0.717) is 31.1 Å². The minimum atomic E-state index is -0.460. The quantitative estimate of drug-likeness (QED) is 0.366. The summed E-state index contributed by atoms with van der Waals surface area (Å²) in [5.41, 5.74) is 2.67. The molecule has 1 aliphatic heterocycles. The Bertz CT molecular complexity index is 1380. The molecule has 8 heteroatoms. The summed E-state index contributed by atoms with van der Waals surface area (Å²) in [7, 11) is 0. The van der Waals surface area contributed by atoms with E-state index < -0.39 is 5.82 Å². The standard InChI is InChI=1S/C28H25FN4O3/c1-2-33(17-19-8-4-3-5-9-19)27(34)22-16-31-28(32-26(22)21-10-6-7-11-23(21)29)30-15-20-12-13-24-25(14-20)36-18-35-24/h3-14,16H,2,15,17-18H2,1H3,(H,30,31,32). The average Bonchev–Trinajstić information content (AvgIpc) is 3.39. The van der Waals surface area contributed by atoms with Crippen molar-refractivity contribution in [1.82, 2.24) is 14.9 Å². The average molecular weight is 485 g/mol. The van der Waals surface area contributed by atoms with Gasteiger partial charge in [0, 0.05) is 31.4 Å². The second-order valence-corrected chi connectivity index (χ2v) is 8.28.